The molecule has 0 radical (unpaired) electrons. The fourth-order valence-electron chi connectivity index (χ4n) is 2.36. The average molecular weight is 261 g/mol. The van der Waals surface area contributed by atoms with Crippen molar-refractivity contribution in [2.75, 3.05) is 20.1 Å². The fraction of sp³-hybridized carbons (Fsp3) is 0.562. The van der Waals surface area contributed by atoms with Crippen LogP contribution in [0, 0.1) is 0 Å². The zero-order chi connectivity index (χ0) is 14.4. The number of hydrogen-bond donors (Lipinski definition) is 1. The van der Waals surface area contributed by atoms with E-state index in [9.17, 15) is 0 Å². The summed E-state index contributed by atoms with van der Waals surface area (Å²) in [5.74, 6) is 0. The Hall–Kier alpha value is -1.35. The normalized spacial score (nSPS) is 21.6. The van der Waals surface area contributed by atoms with Gasteiger partial charge in [-0.3, -0.25) is 9.89 Å². The molecule has 1 fully saturated rings. The van der Waals surface area contributed by atoms with Crippen LogP contribution in [-0.4, -0.2) is 36.8 Å². The van der Waals surface area contributed by atoms with Gasteiger partial charge in [-0.2, -0.15) is 0 Å². The topological polar surface area (TPSA) is 27.6 Å². The van der Waals surface area contributed by atoms with Gasteiger partial charge >= 0.3 is 0 Å². The van der Waals surface area contributed by atoms with Gasteiger partial charge < -0.3 is 5.32 Å². The molecule has 1 aliphatic heterocycles. The van der Waals surface area contributed by atoms with E-state index in [0.717, 1.165) is 30.1 Å². The second-order valence-electron chi connectivity index (χ2n) is 5.35. The van der Waals surface area contributed by atoms with Gasteiger partial charge in [0.2, 0.25) is 0 Å². The van der Waals surface area contributed by atoms with Gasteiger partial charge in [-0.25, -0.2) is 0 Å². The summed E-state index contributed by atoms with van der Waals surface area (Å²) in [6, 6.07) is 0.476. The van der Waals surface area contributed by atoms with Gasteiger partial charge in [-0.1, -0.05) is 24.8 Å². The van der Waals surface area contributed by atoms with Crippen LogP contribution in [0.2, 0.25) is 0 Å². The average Bonchev–Trinajstić information content (AvgIpc) is 2.79. The molecule has 1 rings (SSSR count). The van der Waals surface area contributed by atoms with Gasteiger partial charge in [0.25, 0.3) is 0 Å². The third-order valence-corrected chi connectivity index (χ3v) is 3.49. The number of rotatable bonds is 6. The number of hydrogen-bond acceptors (Lipinski definition) is 3. The SMILES string of the molecule is C=C(C)CNC(=C)C(=C/C)/N=C(\C)C1CCCN1C. The Balaban J connectivity index is 2.70. The van der Waals surface area contributed by atoms with Crippen molar-refractivity contribution in [3.8, 4) is 0 Å². The van der Waals surface area contributed by atoms with Crippen LogP contribution in [0.3, 0.4) is 0 Å². The molecule has 19 heavy (non-hydrogen) atoms. The molecule has 1 aliphatic rings. The van der Waals surface area contributed by atoms with Gasteiger partial charge in [-0.15, -0.1) is 0 Å². The van der Waals surface area contributed by atoms with Gasteiger partial charge in [-0.05, 0) is 47.2 Å². The predicted octanol–water partition coefficient (Wildman–Crippen LogP) is 3.12. The van der Waals surface area contributed by atoms with Crippen molar-refractivity contribution in [2.45, 2.75) is 39.7 Å². The maximum absolute atomic E-state index is 4.75. The van der Waals surface area contributed by atoms with E-state index in [2.05, 4.69) is 37.3 Å². The molecule has 0 amide bonds. The Kier molecular flexibility index (Phi) is 6.03. The lowest BCUT2D eigenvalue weighted by Crippen LogP contribution is -2.31. The first-order valence-corrected chi connectivity index (χ1v) is 6.95. The summed E-state index contributed by atoms with van der Waals surface area (Å²) >= 11 is 0. The minimum atomic E-state index is 0.476. The number of nitrogens with zero attached hydrogens (tertiary/aromatic N) is 2. The summed E-state index contributed by atoms with van der Waals surface area (Å²) in [7, 11) is 2.17. The third kappa shape index (κ3) is 4.67. The summed E-state index contributed by atoms with van der Waals surface area (Å²) in [5, 5.41) is 3.26. The van der Waals surface area contributed by atoms with Crippen LogP contribution >= 0.6 is 0 Å². The van der Waals surface area contributed by atoms with Crippen LogP contribution in [0.15, 0.2) is 41.2 Å². The molecule has 0 aromatic rings. The summed E-state index contributed by atoms with van der Waals surface area (Å²) in [6.45, 7) is 16.0. The van der Waals surface area contributed by atoms with Gasteiger partial charge in [0.15, 0.2) is 0 Å². The first-order valence-electron chi connectivity index (χ1n) is 6.95. The molecular weight excluding hydrogens is 234 g/mol. The number of aliphatic imine (C=N–C) groups is 1. The second kappa shape index (κ2) is 7.29. The van der Waals surface area contributed by atoms with Crippen molar-refractivity contribution < 1.29 is 0 Å². The highest BCUT2D eigenvalue weighted by Crippen LogP contribution is 2.18. The first-order chi connectivity index (χ1) is 8.95. The molecular formula is C16H27N3. The van der Waals surface area contributed by atoms with Crippen molar-refractivity contribution in [1.29, 1.82) is 0 Å². The zero-order valence-electron chi connectivity index (χ0n) is 12.8. The molecule has 106 valence electrons. The van der Waals surface area contributed by atoms with Crippen LogP contribution in [0.4, 0.5) is 0 Å². The highest BCUT2D eigenvalue weighted by Gasteiger charge is 2.23. The summed E-state index contributed by atoms with van der Waals surface area (Å²) in [5.41, 5.74) is 4.06. The molecule has 0 aliphatic carbocycles. The summed E-state index contributed by atoms with van der Waals surface area (Å²) < 4.78 is 0. The molecule has 3 heteroatoms. The Morgan fingerprint density at radius 3 is 2.58 bits per heavy atom. The molecule has 0 aromatic carbocycles. The molecule has 1 saturated heterocycles. The Morgan fingerprint density at radius 1 is 1.42 bits per heavy atom. The van der Waals surface area contributed by atoms with Gasteiger partial charge in [0.05, 0.1) is 11.4 Å². The lowest BCUT2D eigenvalue weighted by molar-refractivity contribution is 0.372. The Labute approximate surface area is 117 Å². The molecule has 1 heterocycles. The van der Waals surface area contributed by atoms with Crippen molar-refractivity contribution >= 4 is 5.71 Å². The van der Waals surface area contributed by atoms with E-state index in [1.165, 1.54) is 18.6 Å². The summed E-state index contributed by atoms with van der Waals surface area (Å²) in [6.07, 6.45) is 4.47. The van der Waals surface area contributed by atoms with Crippen LogP contribution in [-0.2, 0) is 0 Å². The zero-order valence-corrected chi connectivity index (χ0v) is 12.8. The number of likely N-dealkylation sites (tertiary alicyclic amines) is 1. The molecule has 1 N–H and O–H groups in total. The van der Waals surface area contributed by atoms with Crippen LogP contribution in [0.25, 0.3) is 0 Å². The minimum absolute atomic E-state index is 0.476. The maximum atomic E-state index is 4.75. The quantitative estimate of drug-likeness (QED) is 0.452. The van der Waals surface area contributed by atoms with Crippen molar-refractivity contribution in [2.24, 2.45) is 4.99 Å². The van der Waals surface area contributed by atoms with Crippen LogP contribution in [0.5, 0.6) is 0 Å². The van der Waals surface area contributed by atoms with E-state index in [1.807, 2.05) is 19.9 Å². The molecule has 1 atom stereocenters. The Bertz CT molecular complexity index is 404. The maximum Gasteiger partial charge on any atom is 0.0812 e. The third-order valence-electron chi connectivity index (χ3n) is 3.49. The van der Waals surface area contributed by atoms with E-state index >= 15 is 0 Å². The molecule has 0 spiro atoms. The highest BCUT2D eigenvalue weighted by atomic mass is 15.2. The second-order valence-corrected chi connectivity index (χ2v) is 5.35. The predicted molar refractivity (Wildman–Crippen MR) is 84.5 cm³/mol. The minimum Gasteiger partial charge on any atom is -0.380 e. The molecule has 0 aromatic heterocycles. The molecule has 1 unspecified atom stereocenters. The van der Waals surface area contributed by atoms with Crippen molar-refractivity contribution in [3.63, 3.8) is 0 Å². The van der Waals surface area contributed by atoms with Crippen molar-refractivity contribution in [3.05, 3.63) is 36.2 Å². The van der Waals surface area contributed by atoms with Crippen molar-refractivity contribution in [1.82, 2.24) is 10.2 Å². The van der Waals surface area contributed by atoms with Crippen LogP contribution < -0.4 is 5.32 Å². The molecule has 0 saturated carbocycles. The van der Waals surface area contributed by atoms with Crippen LogP contribution in [0.1, 0.15) is 33.6 Å². The van der Waals surface area contributed by atoms with E-state index < -0.39 is 0 Å². The lowest BCUT2D eigenvalue weighted by Gasteiger charge is -2.20. The summed E-state index contributed by atoms with van der Waals surface area (Å²) in [4.78, 5) is 7.12. The van der Waals surface area contributed by atoms with Gasteiger partial charge in [0, 0.05) is 18.3 Å². The largest absolute Gasteiger partial charge is 0.380 e. The van der Waals surface area contributed by atoms with Gasteiger partial charge in [0.1, 0.15) is 0 Å². The molecule has 0 bridgehead atoms. The van der Waals surface area contributed by atoms with E-state index in [4.69, 9.17) is 4.99 Å². The Morgan fingerprint density at radius 2 is 2.11 bits per heavy atom. The highest BCUT2D eigenvalue weighted by molar-refractivity contribution is 5.88. The number of nitrogens with one attached hydrogen (secondary N) is 1. The number of allylic oxidation sites excluding steroid dienone is 1. The lowest BCUT2D eigenvalue weighted by atomic mass is 10.1. The first kappa shape index (κ1) is 15.7. The monoisotopic (exact) mass is 261 g/mol. The van der Waals surface area contributed by atoms with E-state index in [-0.39, 0.29) is 0 Å². The van der Waals surface area contributed by atoms with E-state index in [1.54, 1.807) is 0 Å². The van der Waals surface area contributed by atoms with E-state index in [0.29, 0.717) is 6.04 Å². The fourth-order valence-corrected chi connectivity index (χ4v) is 2.36. The molecule has 3 nitrogen and oxygen atoms in total. The standard InChI is InChI=1S/C16H27N3/c1-7-15(13(4)17-11-12(2)3)18-14(5)16-9-8-10-19(16)6/h7,16-17H,2,4,8-11H2,1,3,5-6H3/b15-7-,18-14+. The smallest absolute Gasteiger partial charge is 0.0812 e.